The normalized spacial score (nSPS) is 23.2. The smallest absolute Gasteiger partial charge is 0.220 e. The number of guanidine groups is 1. The molecule has 1 amide bonds. The number of carbonyl (C=O) groups is 1. The van der Waals surface area contributed by atoms with E-state index in [1.807, 2.05) is 30.3 Å². The molecule has 3 rings (SSSR count). The summed E-state index contributed by atoms with van der Waals surface area (Å²) in [6, 6.07) is 9.96. The fraction of sp³-hybridized carbons (Fsp3) is 0.500. The van der Waals surface area contributed by atoms with Crippen molar-refractivity contribution >= 4 is 11.9 Å². The lowest BCUT2D eigenvalue weighted by Gasteiger charge is -2.40. The number of benzene rings is 1. The minimum absolute atomic E-state index is 0.0707. The van der Waals surface area contributed by atoms with Gasteiger partial charge in [-0.1, -0.05) is 30.0 Å². The number of hydrogen-bond acceptors (Lipinski definition) is 2. The summed E-state index contributed by atoms with van der Waals surface area (Å²) in [7, 11) is 0. The highest BCUT2D eigenvalue weighted by Crippen LogP contribution is 2.35. The average Bonchev–Trinajstić information content (AvgIpc) is 2.98. The summed E-state index contributed by atoms with van der Waals surface area (Å²) in [4.78, 5) is 18.6. The van der Waals surface area contributed by atoms with Crippen molar-refractivity contribution < 1.29 is 4.79 Å². The summed E-state index contributed by atoms with van der Waals surface area (Å²) in [6.45, 7) is 6.02. The predicted molar refractivity (Wildman–Crippen MR) is 100 cm³/mol. The van der Waals surface area contributed by atoms with Crippen LogP contribution in [-0.4, -0.2) is 49.5 Å². The van der Waals surface area contributed by atoms with E-state index in [1.165, 1.54) is 0 Å². The first-order valence-electron chi connectivity index (χ1n) is 9.05. The van der Waals surface area contributed by atoms with Crippen LogP contribution in [0.3, 0.4) is 0 Å². The number of likely N-dealkylation sites (tertiary alicyclic amines) is 1. The molecule has 1 spiro atoms. The predicted octanol–water partition coefficient (Wildman–Crippen LogP) is 1.61. The fourth-order valence-electron chi connectivity index (χ4n) is 3.63. The summed E-state index contributed by atoms with van der Waals surface area (Å²) in [6.07, 6.45) is 2.83. The van der Waals surface area contributed by atoms with Crippen LogP contribution in [0.15, 0.2) is 35.3 Å². The largest absolute Gasteiger partial charge is 0.356 e. The Morgan fingerprint density at radius 1 is 1.40 bits per heavy atom. The second kappa shape index (κ2) is 8.06. The molecule has 25 heavy (non-hydrogen) atoms. The Morgan fingerprint density at radius 3 is 2.96 bits per heavy atom. The number of nitrogens with one attached hydrogen (secondary N) is 2. The van der Waals surface area contributed by atoms with E-state index in [2.05, 4.69) is 39.3 Å². The molecule has 2 N–H and O–H groups in total. The molecule has 1 aromatic rings. The maximum atomic E-state index is 11.7. The molecule has 2 fully saturated rings. The Morgan fingerprint density at radius 2 is 2.24 bits per heavy atom. The maximum Gasteiger partial charge on any atom is 0.220 e. The highest BCUT2D eigenvalue weighted by atomic mass is 16.1. The minimum atomic E-state index is 0.0707. The van der Waals surface area contributed by atoms with E-state index in [9.17, 15) is 4.79 Å². The molecule has 2 saturated heterocycles. The Kier molecular flexibility index (Phi) is 5.60. The van der Waals surface area contributed by atoms with E-state index in [1.54, 1.807) is 0 Å². The molecule has 5 nitrogen and oxygen atoms in total. The fourth-order valence-corrected chi connectivity index (χ4v) is 3.63. The van der Waals surface area contributed by atoms with Crippen LogP contribution in [0.25, 0.3) is 0 Å². The van der Waals surface area contributed by atoms with Gasteiger partial charge in [-0.15, -0.1) is 0 Å². The second-order valence-corrected chi connectivity index (χ2v) is 6.82. The van der Waals surface area contributed by atoms with Crippen LogP contribution in [0.2, 0.25) is 0 Å². The minimum Gasteiger partial charge on any atom is -0.356 e. The van der Waals surface area contributed by atoms with Crippen molar-refractivity contribution in [2.45, 2.75) is 26.2 Å². The van der Waals surface area contributed by atoms with E-state index in [0.717, 1.165) is 50.5 Å². The number of nitrogens with zero attached hydrogens (tertiary/aromatic N) is 2. The van der Waals surface area contributed by atoms with Crippen LogP contribution in [0, 0.1) is 17.3 Å². The van der Waals surface area contributed by atoms with Crippen molar-refractivity contribution in [2.75, 3.05) is 32.7 Å². The van der Waals surface area contributed by atoms with Gasteiger partial charge in [-0.2, -0.15) is 0 Å². The first kappa shape index (κ1) is 17.3. The van der Waals surface area contributed by atoms with Gasteiger partial charge in [-0.25, -0.2) is 4.99 Å². The van der Waals surface area contributed by atoms with Crippen LogP contribution in [0.1, 0.15) is 31.7 Å². The number of amides is 1. The van der Waals surface area contributed by atoms with Gasteiger partial charge in [0, 0.05) is 43.6 Å². The van der Waals surface area contributed by atoms with Crippen LogP contribution < -0.4 is 10.6 Å². The van der Waals surface area contributed by atoms with E-state index >= 15 is 0 Å². The molecule has 0 aliphatic carbocycles. The molecule has 2 aliphatic rings. The van der Waals surface area contributed by atoms with Gasteiger partial charge in [0.1, 0.15) is 6.54 Å². The summed E-state index contributed by atoms with van der Waals surface area (Å²) in [5.41, 5.74) is 1.08. The number of carbonyl (C=O) groups excluding carboxylic acids is 1. The van der Waals surface area contributed by atoms with E-state index in [-0.39, 0.29) is 11.3 Å². The second-order valence-electron chi connectivity index (χ2n) is 6.82. The van der Waals surface area contributed by atoms with Crippen LogP contribution in [0.5, 0.6) is 0 Å². The topological polar surface area (TPSA) is 56.7 Å². The molecule has 0 radical (unpaired) electrons. The monoisotopic (exact) mass is 338 g/mol. The average molecular weight is 338 g/mol. The van der Waals surface area contributed by atoms with Crippen molar-refractivity contribution in [3.05, 3.63) is 35.9 Å². The van der Waals surface area contributed by atoms with Gasteiger partial charge in [0.2, 0.25) is 5.91 Å². The van der Waals surface area contributed by atoms with Gasteiger partial charge < -0.3 is 15.5 Å². The first-order chi connectivity index (χ1) is 12.2. The molecule has 1 unspecified atom stereocenters. The third-order valence-electron chi connectivity index (χ3n) is 4.81. The maximum absolute atomic E-state index is 11.7. The van der Waals surface area contributed by atoms with Gasteiger partial charge >= 0.3 is 0 Å². The summed E-state index contributed by atoms with van der Waals surface area (Å²) in [5.74, 6) is 7.35. The third kappa shape index (κ3) is 4.54. The third-order valence-corrected chi connectivity index (χ3v) is 4.81. The molecule has 1 atom stereocenters. The van der Waals surface area contributed by atoms with Gasteiger partial charge in [0.15, 0.2) is 5.96 Å². The Bertz CT molecular complexity index is 689. The van der Waals surface area contributed by atoms with Gasteiger partial charge in [0.05, 0.1) is 0 Å². The zero-order chi connectivity index (χ0) is 17.5. The standard InChI is InChI=1S/C20H26N4O/c1-2-21-19(22-12-6-10-17-8-4-3-5-9-17)24-13-7-11-20(16-24)14-18(25)23-15-20/h3-5,8-9H,2,7,11-16H2,1H3,(H,21,22)(H,23,25). The zero-order valence-electron chi connectivity index (χ0n) is 14.8. The van der Waals surface area contributed by atoms with Gasteiger partial charge in [0.25, 0.3) is 0 Å². The lowest BCUT2D eigenvalue weighted by Crippen LogP contribution is -2.51. The van der Waals surface area contributed by atoms with Crippen molar-refractivity contribution in [3.8, 4) is 11.8 Å². The highest BCUT2D eigenvalue weighted by molar-refractivity contribution is 5.82. The summed E-state index contributed by atoms with van der Waals surface area (Å²) in [5, 5.41) is 6.37. The Balaban J connectivity index is 1.65. The summed E-state index contributed by atoms with van der Waals surface area (Å²) < 4.78 is 0. The van der Waals surface area contributed by atoms with E-state index in [4.69, 9.17) is 0 Å². The quantitative estimate of drug-likeness (QED) is 0.489. The lowest BCUT2D eigenvalue weighted by molar-refractivity contribution is -0.119. The molecule has 132 valence electrons. The molecular formula is C20H26N4O. The number of rotatable bonds is 2. The number of aliphatic imine (C=N–C) groups is 1. The summed E-state index contributed by atoms with van der Waals surface area (Å²) >= 11 is 0. The van der Waals surface area contributed by atoms with E-state index in [0.29, 0.717) is 13.0 Å². The number of piperidine rings is 1. The molecular weight excluding hydrogens is 312 g/mol. The molecule has 5 heteroatoms. The lowest BCUT2D eigenvalue weighted by atomic mass is 9.79. The van der Waals surface area contributed by atoms with Crippen molar-refractivity contribution in [2.24, 2.45) is 10.4 Å². The Labute approximate surface area is 149 Å². The van der Waals surface area contributed by atoms with Crippen molar-refractivity contribution in [3.63, 3.8) is 0 Å². The number of hydrogen-bond donors (Lipinski definition) is 2. The van der Waals surface area contributed by atoms with Gasteiger partial charge in [-0.05, 0) is 31.9 Å². The molecule has 0 bridgehead atoms. The molecule has 1 aromatic carbocycles. The van der Waals surface area contributed by atoms with E-state index < -0.39 is 0 Å². The molecule has 2 heterocycles. The Hall–Kier alpha value is -2.48. The van der Waals surface area contributed by atoms with Crippen molar-refractivity contribution in [1.29, 1.82) is 0 Å². The molecule has 0 aromatic heterocycles. The van der Waals surface area contributed by atoms with Crippen LogP contribution in [0.4, 0.5) is 0 Å². The van der Waals surface area contributed by atoms with Crippen LogP contribution >= 0.6 is 0 Å². The zero-order valence-corrected chi connectivity index (χ0v) is 14.8. The van der Waals surface area contributed by atoms with Crippen LogP contribution in [-0.2, 0) is 4.79 Å². The SMILES string of the molecule is CCNC(=NCC#Cc1ccccc1)N1CCCC2(CNC(=O)C2)C1. The highest BCUT2D eigenvalue weighted by Gasteiger charge is 2.42. The molecule has 0 saturated carbocycles. The van der Waals surface area contributed by atoms with Crippen molar-refractivity contribution in [1.82, 2.24) is 15.5 Å². The molecule has 2 aliphatic heterocycles. The van der Waals surface area contributed by atoms with Gasteiger partial charge in [-0.3, -0.25) is 4.79 Å². The first-order valence-corrected chi connectivity index (χ1v) is 9.05.